The number of likely N-dealkylation sites (tertiary alicyclic amines) is 1. The molecule has 2 aromatic carbocycles. The van der Waals surface area contributed by atoms with Crippen molar-refractivity contribution in [3.63, 3.8) is 0 Å². The predicted octanol–water partition coefficient (Wildman–Crippen LogP) is 3.40. The molecule has 1 aliphatic heterocycles. The Morgan fingerprint density at radius 1 is 1.22 bits per heavy atom. The molecule has 2 unspecified atom stereocenters. The van der Waals surface area contributed by atoms with E-state index in [4.69, 9.17) is 16.2 Å². The number of aliphatic hydroxyl groups excluding tert-OH is 1. The quantitative estimate of drug-likeness (QED) is 0.416. The van der Waals surface area contributed by atoms with Gasteiger partial charge in [-0.25, -0.2) is 13.5 Å². The number of hydrogen-bond acceptors (Lipinski definition) is 6. The summed E-state index contributed by atoms with van der Waals surface area (Å²) >= 11 is 0. The third-order valence-electron chi connectivity index (χ3n) is 6.01. The van der Waals surface area contributed by atoms with E-state index in [-0.39, 0.29) is 40.5 Å². The third kappa shape index (κ3) is 5.78. The summed E-state index contributed by atoms with van der Waals surface area (Å²) in [7, 11) is 0. The first-order valence-electron chi connectivity index (χ1n) is 11.7. The molecule has 9 nitrogen and oxygen atoms in total. The van der Waals surface area contributed by atoms with Crippen LogP contribution in [-0.4, -0.2) is 50.8 Å². The third-order valence-corrected chi connectivity index (χ3v) is 6.01. The number of aliphatic hydroxyl groups is 1. The van der Waals surface area contributed by atoms with Crippen molar-refractivity contribution in [1.29, 1.82) is 0 Å². The van der Waals surface area contributed by atoms with Crippen molar-refractivity contribution in [2.75, 3.05) is 18.8 Å². The van der Waals surface area contributed by atoms with E-state index in [1.54, 1.807) is 36.1 Å². The first-order valence-corrected chi connectivity index (χ1v) is 11.7. The number of anilines is 1. The Kier molecular flexibility index (Phi) is 7.53. The van der Waals surface area contributed by atoms with Crippen LogP contribution in [0, 0.1) is 11.6 Å². The summed E-state index contributed by atoms with van der Waals surface area (Å²) in [6, 6.07) is 9.05. The van der Waals surface area contributed by atoms with Crippen molar-refractivity contribution < 1.29 is 28.2 Å². The molecule has 1 fully saturated rings. The van der Waals surface area contributed by atoms with Crippen LogP contribution in [0.1, 0.15) is 36.2 Å². The van der Waals surface area contributed by atoms with Gasteiger partial charge >= 0.3 is 0 Å². The molecule has 2 heterocycles. The molecule has 0 radical (unpaired) electrons. The molecule has 5 N–H and O–H groups in total. The van der Waals surface area contributed by atoms with Crippen molar-refractivity contribution in [2.45, 2.75) is 31.9 Å². The number of ether oxygens (including phenoxy) is 1. The number of primary amides is 1. The number of carbonyl (C=O) groups is 2. The van der Waals surface area contributed by atoms with E-state index in [9.17, 15) is 23.5 Å². The Hall–Kier alpha value is -4.25. The maximum atomic E-state index is 13.9. The molecule has 0 aliphatic carbocycles. The van der Waals surface area contributed by atoms with E-state index >= 15 is 0 Å². The van der Waals surface area contributed by atoms with Gasteiger partial charge in [0.2, 0.25) is 5.91 Å². The van der Waals surface area contributed by atoms with E-state index in [1.807, 2.05) is 0 Å². The summed E-state index contributed by atoms with van der Waals surface area (Å²) in [5.41, 5.74) is 12.8. The van der Waals surface area contributed by atoms with Gasteiger partial charge in [-0.05, 0) is 56.2 Å². The summed E-state index contributed by atoms with van der Waals surface area (Å²) in [5.74, 6) is -2.30. The van der Waals surface area contributed by atoms with E-state index < -0.39 is 23.6 Å². The van der Waals surface area contributed by atoms with Gasteiger partial charge in [0.25, 0.3) is 5.91 Å². The number of hydrogen-bond donors (Lipinski definition) is 3. The first kappa shape index (κ1) is 25.8. The van der Waals surface area contributed by atoms with Crippen molar-refractivity contribution in [3.8, 4) is 22.8 Å². The Morgan fingerprint density at radius 2 is 1.95 bits per heavy atom. The van der Waals surface area contributed by atoms with Gasteiger partial charge in [-0.2, -0.15) is 5.10 Å². The predicted molar refractivity (Wildman–Crippen MR) is 133 cm³/mol. The minimum absolute atomic E-state index is 0.0516. The van der Waals surface area contributed by atoms with Gasteiger partial charge in [0, 0.05) is 30.8 Å². The monoisotopic (exact) mass is 511 g/mol. The zero-order valence-electron chi connectivity index (χ0n) is 20.1. The molecule has 3 aromatic rings. The van der Waals surface area contributed by atoms with Crippen LogP contribution in [0.5, 0.6) is 11.5 Å². The topological polar surface area (TPSA) is 137 Å². The van der Waals surface area contributed by atoms with Crippen molar-refractivity contribution in [3.05, 3.63) is 71.8 Å². The van der Waals surface area contributed by atoms with Crippen LogP contribution in [-0.2, 0) is 4.79 Å². The number of aromatic nitrogens is 2. The Labute approximate surface area is 211 Å². The van der Waals surface area contributed by atoms with Crippen molar-refractivity contribution >= 4 is 17.6 Å². The molecular formula is C26H27F2N5O4. The van der Waals surface area contributed by atoms with Gasteiger partial charge < -0.3 is 26.2 Å². The maximum absolute atomic E-state index is 13.9. The van der Waals surface area contributed by atoms with Gasteiger partial charge in [0.15, 0.2) is 11.6 Å². The molecule has 2 amide bonds. The highest BCUT2D eigenvalue weighted by Gasteiger charge is 2.29. The molecule has 37 heavy (non-hydrogen) atoms. The number of piperidine rings is 1. The maximum Gasteiger partial charge on any atom is 0.254 e. The smallest absolute Gasteiger partial charge is 0.254 e. The van der Waals surface area contributed by atoms with Crippen molar-refractivity contribution in [2.24, 2.45) is 5.73 Å². The van der Waals surface area contributed by atoms with E-state index in [1.165, 1.54) is 22.9 Å². The molecule has 1 aliphatic rings. The molecule has 4 rings (SSSR count). The lowest BCUT2D eigenvalue weighted by Crippen LogP contribution is -2.40. The lowest BCUT2D eigenvalue weighted by atomic mass is 10.1. The highest BCUT2D eigenvalue weighted by Crippen LogP contribution is 2.33. The van der Waals surface area contributed by atoms with Crippen LogP contribution >= 0.6 is 0 Å². The first-order chi connectivity index (χ1) is 17.6. The Balaban J connectivity index is 1.59. The van der Waals surface area contributed by atoms with Gasteiger partial charge in [-0.3, -0.25) is 9.59 Å². The van der Waals surface area contributed by atoms with Crippen LogP contribution in [0.4, 0.5) is 14.6 Å². The van der Waals surface area contributed by atoms with E-state index in [0.717, 1.165) is 12.1 Å². The number of rotatable bonds is 7. The summed E-state index contributed by atoms with van der Waals surface area (Å²) in [6.07, 6.45) is 3.39. The summed E-state index contributed by atoms with van der Waals surface area (Å²) in [6.45, 7) is 2.43. The van der Waals surface area contributed by atoms with Gasteiger partial charge in [-0.1, -0.05) is 6.08 Å². The number of nitrogens with two attached hydrogens (primary N) is 2. The second kappa shape index (κ2) is 10.8. The standard InChI is InChI=1S/C26H27F2N5O4/c1-15(34)4-11-22(35)32-12-2-3-18(14-32)33-25(29)23(26(30)36)24(31-33)16-5-8-19(9-6-16)37-21-10-7-17(27)13-20(21)28/h4-11,13,15,18,34H,2-3,12,14,29H2,1H3,(H2,30,36)/b11-4+. The second-order valence-electron chi connectivity index (χ2n) is 8.80. The van der Waals surface area contributed by atoms with E-state index in [0.29, 0.717) is 31.5 Å². The minimum atomic E-state index is -0.840. The number of nitrogens with zero attached hydrogens (tertiary/aromatic N) is 3. The fraction of sp³-hybridized carbons (Fsp3) is 0.269. The average Bonchev–Trinajstić information content (AvgIpc) is 3.22. The fourth-order valence-corrected chi connectivity index (χ4v) is 4.22. The van der Waals surface area contributed by atoms with Gasteiger partial charge in [-0.15, -0.1) is 0 Å². The molecule has 0 saturated carbocycles. The lowest BCUT2D eigenvalue weighted by molar-refractivity contribution is -0.127. The molecule has 2 atom stereocenters. The summed E-state index contributed by atoms with van der Waals surface area (Å²) < 4.78 is 34.1. The minimum Gasteiger partial charge on any atom is -0.454 e. The van der Waals surface area contributed by atoms with Crippen LogP contribution in [0.25, 0.3) is 11.3 Å². The number of carbonyl (C=O) groups excluding carboxylic acids is 2. The highest BCUT2D eigenvalue weighted by molar-refractivity contribution is 6.03. The molecule has 0 spiro atoms. The highest BCUT2D eigenvalue weighted by atomic mass is 19.1. The largest absolute Gasteiger partial charge is 0.454 e. The molecule has 1 saturated heterocycles. The number of benzene rings is 2. The Morgan fingerprint density at radius 3 is 2.59 bits per heavy atom. The zero-order valence-corrected chi connectivity index (χ0v) is 20.1. The number of nitrogen functional groups attached to an aromatic ring is 1. The van der Waals surface area contributed by atoms with Crippen LogP contribution in [0.15, 0.2) is 54.6 Å². The van der Waals surface area contributed by atoms with Crippen LogP contribution < -0.4 is 16.2 Å². The number of halogens is 2. The number of amides is 2. The molecular weight excluding hydrogens is 484 g/mol. The molecule has 11 heteroatoms. The lowest BCUT2D eigenvalue weighted by Gasteiger charge is -2.32. The van der Waals surface area contributed by atoms with Gasteiger partial charge in [0.1, 0.15) is 28.6 Å². The van der Waals surface area contributed by atoms with E-state index in [2.05, 4.69) is 5.10 Å². The molecule has 194 valence electrons. The summed E-state index contributed by atoms with van der Waals surface area (Å²) in [5, 5.41) is 14.0. The van der Waals surface area contributed by atoms with Gasteiger partial charge in [0.05, 0.1) is 12.1 Å². The summed E-state index contributed by atoms with van der Waals surface area (Å²) in [4.78, 5) is 26.4. The van der Waals surface area contributed by atoms with Crippen LogP contribution in [0.3, 0.4) is 0 Å². The SMILES string of the molecule is CC(O)/C=C/C(=O)N1CCCC(n2nc(-c3ccc(Oc4ccc(F)cc4F)cc3)c(C(N)=O)c2N)C1. The second-order valence-corrected chi connectivity index (χ2v) is 8.80. The van der Waals surface area contributed by atoms with Crippen LogP contribution in [0.2, 0.25) is 0 Å². The molecule has 0 bridgehead atoms. The van der Waals surface area contributed by atoms with Crippen molar-refractivity contribution in [1.82, 2.24) is 14.7 Å². The zero-order chi connectivity index (χ0) is 26.7. The fourth-order valence-electron chi connectivity index (χ4n) is 4.22. The normalized spacial score (nSPS) is 16.6. The Bertz CT molecular complexity index is 1340. The average molecular weight is 512 g/mol. The molecule has 1 aromatic heterocycles.